The Bertz CT molecular complexity index is 1310. The lowest BCUT2D eigenvalue weighted by atomic mass is 10.1. The number of para-hydroxylation sites is 1. The van der Waals surface area contributed by atoms with Crippen molar-refractivity contribution in [2.45, 2.75) is 6.54 Å². The summed E-state index contributed by atoms with van der Waals surface area (Å²) in [5.41, 5.74) is 3.29. The van der Waals surface area contributed by atoms with Crippen LogP contribution in [0.5, 0.6) is 0 Å². The standard InChI is InChI=1S/C27H27N7O2/c1-33(2)19-25(35)34(23-9-4-3-5-10-23)18-20-7-6-8-22(17-20)30-26(36)24-13-16-29-27(32-24)31-21-11-14-28-15-12-21/h3-17H,18-19H2,1-2H3,(H,30,36)(H,28,29,31,32). The van der Waals surface area contributed by atoms with Crippen LogP contribution < -0.4 is 15.5 Å². The summed E-state index contributed by atoms with van der Waals surface area (Å²) in [5.74, 6) is -0.0766. The summed E-state index contributed by atoms with van der Waals surface area (Å²) in [5, 5.41) is 5.94. The maximum Gasteiger partial charge on any atom is 0.274 e. The molecule has 9 heteroatoms. The van der Waals surface area contributed by atoms with Crippen LogP contribution in [0.1, 0.15) is 16.1 Å². The van der Waals surface area contributed by atoms with Crippen molar-refractivity contribution in [1.29, 1.82) is 0 Å². The van der Waals surface area contributed by atoms with Gasteiger partial charge in [-0.2, -0.15) is 0 Å². The third-order valence-electron chi connectivity index (χ3n) is 5.17. The number of anilines is 4. The van der Waals surface area contributed by atoms with Crippen molar-refractivity contribution in [3.05, 3.63) is 103 Å². The lowest BCUT2D eigenvalue weighted by Crippen LogP contribution is -2.37. The van der Waals surface area contributed by atoms with Crippen LogP contribution >= 0.6 is 0 Å². The molecule has 4 aromatic rings. The number of carbonyl (C=O) groups is 2. The van der Waals surface area contributed by atoms with Crippen LogP contribution in [0, 0.1) is 0 Å². The molecule has 0 bridgehead atoms. The lowest BCUT2D eigenvalue weighted by Gasteiger charge is -2.25. The number of nitrogens with zero attached hydrogens (tertiary/aromatic N) is 5. The van der Waals surface area contributed by atoms with Crippen LogP contribution in [0.3, 0.4) is 0 Å². The normalized spacial score (nSPS) is 10.6. The SMILES string of the molecule is CN(C)CC(=O)N(Cc1cccc(NC(=O)c2ccnc(Nc3ccncc3)n2)c1)c1ccccc1. The Morgan fingerprint density at radius 1 is 0.861 bits per heavy atom. The lowest BCUT2D eigenvalue weighted by molar-refractivity contribution is -0.119. The van der Waals surface area contributed by atoms with Crippen molar-refractivity contribution >= 4 is 34.8 Å². The van der Waals surface area contributed by atoms with Crippen molar-refractivity contribution in [1.82, 2.24) is 19.9 Å². The van der Waals surface area contributed by atoms with Crippen molar-refractivity contribution in [2.24, 2.45) is 0 Å². The predicted octanol–water partition coefficient (Wildman–Crippen LogP) is 3.96. The van der Waals surface area contributed by atoms with Crippen molar-refractivity contribution in [2.75, 3.05) is 36.2 Å². The van der Waals surface area contributed by atoms with Crippen LogP contribution in [-0.4, -0.2) is 52.3 Å². The Hall–Kier alpha value is -4.63. The zero-order valence-electron chi connectivity index (χ0n) is 20.1. The number of amides is 2. The van der Waals surface area contributed by atoms with Gasteiger partial charge in [-0.3, -0.25) is 14.6 Å². The Morgan fingerprint density at radius 3 is 2.39 bits per heavy atom. The van der Waals surface area contributed by atoms with Gasteiger partial charge in [0, 0.05) is 35.7 Å². The summed E-state index contributed by atoms with van der Waals surface area (Å²) in [6.45, 7) is 0.656. The van der Waals surface area contributed by atoms with E-state index in [9.17, 15) is 9.59 Å². The van der Waals surface area contributed by atoms with E-state index in [1.54, 1.807) is 41.6 Å². The molecule has 2 aromatic carbocycles. The summed E-state index contributed by atoms with van der Waals surface area (Å²) in [4.78, 5) is 41.9. The van der Waals surface area contributed by atoms with Crippen LogP contribution in [0.25, 0.3) is 0 Å². The molecule has 2 aromatic heterocycles. The molecule has 2 heterocycles. The van der Waals surface area contributed by atoms with Crippen molar-refractivity contribution < 1.29 is 9.59 Å². The molecule has 4 rings (SSSR count). The van der Waals surface area contributed by atoms with E-state index < -0.39 is 0 Å². The first-order chi connectivity index (χ1) is 17.5. The highest BCUT2D eigenvalue weighted by molar-refractivity contribution is 6.03. The van der Waals surface area contributed by atoms with E-state index in [-0.39, 0.29) is 24.1 Å². The smallest absolute Gasteiger partial charge is 0.274 e. The molecule has 0 spiro atoms. The maximum absolute atomic E-state index is 13.0. The molecule has 0 radical (unpaired) electrons. The van der Waals surface area contributed by atoms with Gasteiger partial charge in [-0.15, -0.1) is 0 Å². The molecule has 36 heavy (non-hydrogen) atoms. The molecule has 0 saturated carbocycles. The summed E-state index contributed by atoms with van der Waals surface area (Å²) in [7, 11) is 3.73. The third-order valence-corrected chi connectivity index (χ3v) is 5.17. The summed E-state index contributed by atoms with van der Waals surface area (Å²) < 4.78 is 0. The molecule has 0 saturated heterocycles. The molecule has 9 nitrogen and oxygen atoms in total. The van der Waals surface area contributed by atoms with Crippen LogP contribution in [-0.2, 0) is 11.3 Å². The van der Waals surface area contributed by atoms with E-state index in [2.05, 4.69) is 25.6 Å². The molecule has 0 unspecified atom stereocenters. The highest BCUT2D eigenvalue weighted by Gasteiger charge is 2.17. The van der Waals surface area contributed by atoms with Gasteiger partial charge >= 0.3 is 0 Å². The van der Waals surface area contributed by atoms with E-state index in [1.807, 2.05) is 67.5 Å². The second-order valence-electron chi connectivity index (χ2n) is 8.33. The first-order valence-corrected chi connectivity index (χ1v) is 11.4. The minimum atomic E-state index is -0.365. The van der Waals surface area contributed by atoms with Gasteiger partial charge in [0.25, 0.3) is 5.91 Å². The molecule has 2 N–H and O–H groups in total. The largest absolute Gasteiger partial charge is 0.324 e. The van der Waals surface area contributed by atoms with Crippen LogP contribution in [0.15, 0.2) is 91.4 Å². The Labute approximate surface area is 209 Å². The third kappa shape index (κ3) is 6.71. The van der Waals surface area contributed by atoms with Crippen molar-refractivity contribution in [3.8, 4) is 0 Å². The molecule has 0 fully saturated rings. The number of aromatic nitrogens is 3. The Balaban J connectivity index is 1.48. The number of hydrogen-bond donors (Lipinski definition) is 2. The number of likely N-dealkylation sites (N-methyl/N-ethyl adjacent to an activating group) is 1. The average molecular weight is 482 g/mol. The molecule has 0 aliphatic carbocycles. The van der Waals surface area contributed by atoms with Gasteiger partial charge in [-0.25, -0.2) is 9.97 Å². The number of carbonyl (C=O) groups excluding carboxylic acids is 2. The van der Waals surface area contributed by atoms with Gasteiger partial charge in [0.15, 0.2) is 0 Å². The molecular formula is C27H27N7O2. The zero-order chi connectivity index (χ0) is 25.3. The maximum atomic E-state index is 13.0. The Kier molecular flexibility index (Phi) is 7.94. The molecule has 0 aliphatic rings. The minimum absolute atomic E-state index is 0.0177. The second kappa shape index (κ2) is 11.7. The molecule has 0 aliphatic heterocycles. The van der Waals surface area contributed by atoms with Gasteiger partial charge < -0.3 is 20.4 Å². The topological polar surface area (TPSA) is 103 Å². The van der Waals surface area contributed by atoms with E-state index in [0.717, 1.165) is 16.9 Å². The highest BCUT2D eigenvalue weighted by atomic mass is 16.2. The summed E-state index contributed by atoms with van der Waals surface area (Å²) in [6, 6.07) is 22.1. The first kappa shape index (κ1) is 24.5. The van der Waals surface area contributed by atoms with Gasteiger partial charge in [0.1, 0.15) is 5.69 Å². The monoisotopic (exact) mass is 481 g/mol. The van der Waals surface area contributed by atoms with Gasteiger partial charge in [0.2, 0.25) is 11.9 Å². The summed E-state index contributed by atoms with van der Waals surface area (Å²) in [6.07, 6.45) is 4.83. The minimum Gasteiger partial charge on any atom is -0.324 e. The van der Waals surface area contributed by atoms with Gasteiger partial charge in [0.05, 0.1) is 13.1 Å². The molecule has 2 amide bonds. The molecule has 182 valence electrons. The van der Waals surface area contributed by atoms with Crippen molar-refractivity contribution in [3.63, 3.8) is 0 Å². The molecular weight excluding hydrogens is 454 g/mol. The van der Waals surface area contributed by atoms with Crippen LogP contribution in [0.4, 0.5) is 23.0 Å². The predicted molar refractivity (Wildman–Crippen MR) is 140 cm³/mol. The van der Waals surface area contributed by atoms with Gasteiger partial charge in [-0.05, 0) is 62.1 Å². The molecule has 0 atom stereocenters. The van der Waals surface area contributed by atoms with Crippen LogP contribution in [0.2, 0.25) is 0 Å². The fourth-order valence-electron chi connectivity index (χ4n) is 3.52. The number of benzene rings is 2. The summed E-state index contributed by atoms with van der Waals surface area (Å²) >= 11 is 0. The second-order valence-corrected chi connectivity index (χ2v) is 8.33. The number of pyridine rings is 1. The number of nitrogens with one attached hydrogen (secondary N) is 2. The Morgan fingerprint density at radius 2 is 1.64 bits per heavy atom. The highest BCUT2D eigenvalue weighted by Crippen LogP contribution is 2.20. The fraction of sp³-hybridized carbons (Fsp3) is 0.148. The average Bonchev–Trinajstić information content (AvgIpc) is 2.88. The number of hydrogen-bond acceptors (Lipinski definition) is 7. The fourth-order valence-corrected chi connectivity index (χ4v) is 3.52. The first-order valence-electron chi connectivity index (χ1n) is 11.4. The van der Waals surface area contributed by atoms with E-state index >= 15 is 0 Å². The number of rotatable bonds is 9. The van der Waals surface area contributed by atoms with Gasteiger partial charge in [-0.1, -0.05) is 30.3 Å². The van der Waals surface area contributed by atoms with E-state index in [1.165, 1.54) is 6.20 Å². The van der Waals surface area contributed by atoms with E-state index in [0.29, 0.717) is 18.2 Å². The van der Waals surface area contributed by atoms with E-state index in [4.69, 9.17) is 0 Å². The zero-order valence-corrected chi connectivity index (χ0v) is 20.1. The quantitative estimate of drug-likeness (QED) is 0.373.